The van der Waals surface area contributed by atoms with E-state index in [2.05, 4.69) is 19.6 Å². The highest BCUT2D eigenvalue weighted by Crippen LogP contribution is 2.20. The number of sulfonamides is 1. The molecule has 1 aromatic carbocycles. The number of nitrogens with zero attached hydrogens (tertiary/aromatic N) is 2. The molecule has 0 saturated heterocycles. The SMILES string of the molecule is Cc1cc(NCc2csnn2)ccc1NS(C)(=O)=O. The first-order chi connectivity index (χ1) is 8.94. The van der Waals surface area contributed by atoms with Crippen molar-refractivity contribution in [3.8, 4) is 0 Å². The molecule has 0 unspecified atom stereocenters. The Morgan fingerprint density at radius 1 is 1.37 bits per heavy atom. The molecule has 0 fully saturated rings. The van der Waals surface area contributed by atoms with Crippen molar-refractivity contribution in [2.45, 2.75) is 13.5 Å². The highest BCUT2D eigenvalue weighted by atomic mass is 32.2. The molecule has 0 aliphatic carbocycles. The predicted molar refractivity (Wildman–Crippen MR) is 76.9 cm³/mol. The molecule has 6 nitrogen and oxygen atoms in total. The van der Waals surface area contributed by atoms with E-state index in [1.54, 1.807) is 6.07 Å². The van der Waals surface area contributed by atoms with Crippen LogP contribution in [0.2, 0.25) is 0 Å². The number of anilines is 2. The number of rotatable bonds is 5. The summed E-state index contributed by atoms with van der Waals surface area (Å²) in [6.45, 7) is 2.44. The largest absolute Gasteiger partial charge is 0.379 e. The molecular weight excluding hydrogens is 284 g/mol. The van der Waals surface area contributed by atoms with Crippen LogP contribution in [0.4, 0.5) is 11.4 Å². The van der Waals surface area contributed by atoms with Crippen LogP contribution in [0.25, 0.3) is 0 Å². The van der Waals surface area contributed by atoms with E-state index in [1.165, 1.54) is 11.5 Å². The Hall–Kier alpha value is -1.67. The highest BCUT2D eigenvalue weighted by Gasteiger charge is 2.05. The monoisotopic (exact) mass is 298 g/mol. The van der Waals surface area contributed by atoms with Crippen molar-refractivity contribution in [3.05, 3.63) is 34.8 Å². The second-order valence-corrected chi connectivity index (χ2v) is 6.51. The standard InChI is InChI=1S/C11H14N4O2S2/c1-8-5-9(12-6-10-7-18-15-13-10)3-4-11(8)14-19(2,16)17/h3-5,7,12,14H,6H2,1-2H3. The molecule has 0 bridgehead atoms. The van der Waals surface area contributed by atoms with Gasteiger partial charge in [0.15, 0.2) is 0 Å². The van der Waals surface area contributed by atoms with Gasteiger partial charge in [0, 0.05) is 11.1 Å². The molecule has 0 aliphatic rings. The lowest BCUT2D eigenvalue weighted by Crippen LogP contribution is -2.10. The summed E-state index contributed by atoms with van der Waals surface area (Å²) in [5.74, 6) is 0. The van der Waals surface area contributed by atoms with Gasteiger partial charge in [0.2, 0.25) is 10.0 Å². The van der Waals surface area contributed by atoms with Gasteiger partial charge in [0.05, 0.1) is 24.2 Å². The van der Waals surface area contributed by atoms with Crippen molar-refractivity contribution in [1.29, 1.82) is 0 Å². The summed E-state index contributed by atoms with van der Waals surface area (Å²) in [6, 6.07) is 5.44. The maximum atomic E-state index is 11.2. The predicted octanol–water partition coefficient (Wildman–Crippen LogP) is 1.83. The molecule has 102 valence electrons. The normalized spacial score (nSPS) is 11.3. The summed E-state index contributed by atoms with van der Waals surface area (Å²) in [5, 5.41) is 9.01. The third-order valence-electron chi connectivity index (χ3n) is 2.40. The van der Waals surface area contributed by atoms with E-state index in [-0.39, 0.29) is 0 Å². The Morgan fingerprint density at radius 2 is 2.16 bits per heavy atom. The van der Waals surface area contributed by atoms with Gasteiger partial charge in [-0.1, -0.05) is 4.49 Å². The molecule has 1 heterocycles. The summed E-state index contributed by atoms with van der Waals surface area (Å²) in [7, 11) is -3.25. The maximum absolute atomic E-state index is 11.2. The Balaban J connectivity index is 2.06. The lowest BCUT2D eigenvalue weighted by molar-refractivity contribution is 0.607. The second-order valence-electron chi connectivity index (χ2n) is 4.15. The van der Waals surface area contributed by atoms with Gasteiger partial charge in [-0.15, -0.1) is 5.10 Å². The molecule has 19 heavy (non-hydrogen) atoms. The fraction of sp³-hybridized carbons (Fsp3) is 0.273. The molecule has 0 atom stereocenters. The topological polar surface area (TPSA) is 84.0 Å². The van der Waals surface area contributed by atoms with Gasteiger partial charge >= 0.3 is 0 Å². The van der Waals surface area contributed by atoms with Crippen LogP contribution in [0, 0.1) is 6.92 Å². The van der Waals surface area contributed by atoms with Gasteiger partial charge in [0.25, 0.3) is 0 Å². The van der Waals surface area contributed by atoms with Crippen molar-refractivity contribution in [3.63, 3.8) is 0 Å². The molecule has 1 aromatic heterocycles. The molecular formula is C11H14N4O2S2. The van der Waals surface area contributed by atoms with Crippen LogP contribution in [-0.4, -0.2) is 24.3 Å². The van der Waals surface area contributed by atoms with Crippen molar-refractivity contribution < 1.29 is 8.42 Å². The zero-order chi connectivity index (χ0) is 13.9. The summed E-state index contributed by atoms with van der Waals surface area (Å²) >= 11 is 1.31. The van der Waals surface area contributed by atoms with Crippen LogP contribution in [0.5, 0.6) is 0 Å². The lowest BCUT2D eigenvalue weighted by Gasteiger charge is -2.10. The number of nitrogens with one attached hydrogen (secondary N) is 2. The summed E-state index contributed by atoms with van der Waals surface area (Å²) in [4.78, 5) is 0. The number of aromatic nitrogens is 2. The number of aryl methyl sites for hydroxylation is 1. The van der Waals surface area contributed by atoms with Crippen LogP contribution in [0.15, 0.2) is 23.6 Å². The smallest absolute Gasteiger partial charge is 0.229 e. The van der Waals surface area contributed by atoms with Crippen molar-refractivity contribution in [2.75, 3.05) is 16.3 Å². The van der Waals surface area contributed by atoms with Crippen LogP contribution < -0.4 is 10.0 Å². The quantitative estimate of drug-likeness (QED) is 0.880. The van der Waals surface area contributed by atoms with E-state index in [9.17, 15) is 8.42 Å². The van der Waals surface area contributed by atoms with Crippen LogP contribution in [0.3, 0.4) is 0 Å². The van der Waals surface area contributed by atoms with Gasteiger partial charge < -0.3 is 5.32 Å². The van der Waals surface area contributed by atoms with Crippen LogP contribution >= 0.6 is 11.5 Å². The average Bonchev–Trinajstić information content (AvgIpc) is 2.81. The fourth-order valence-electron chi connectivity index (χ4n) is 1.54. The molecule has 0 aliphatic heterocycles. The van der Waals surface area contributed by atoms with E-state index in [4.69, 9.17) is 0 Å². The van der Waals surface area contributed by atoms with E-state index >= 15 is 0 Å². The third kappa shape index (κ3) is 4.18. The lowest BCUT2D eigenvalue weighted by atomic mass is 10.2. The van der Waals surface area contributed by atoms with Gasteiger partial charge in [-0.3, -0.25) is 4.72 Å². The first kappa shape index (κ1) is 13.8. The molecule has 0 radical (unpaired) electrons. The molecule has 2 rings (SSSR count). The van der Waals surface area contributed by atoms with Crippen LogP contribution in [0.1, 0.15) is 11.3 Å². The zero-order valence-electron chi connectivity index (χ0n) is 10.5. The Morgan fingerprint density at radius 3 is 2.74 bits per heavy atom. The maximum Gasteiger partial charge on any atom is 0.229 e. The summed E-state index contributed by atoms with van der Waals surface area (Å²) in [6.07, 6.45) is 1.13. The molecule has 0 amide bonds. The number of hydrogen-bond donors (Lipinski definition) is 2. The van der Waals surface area contributed by atoms with E-state index in [0.29, 0.717) is 12.2 Å². The first-order valence-corrected chi connectivity index (χ1v) is 8.25. The van der Waals surface area contributed by atoms with Gasteiger partial charge in [-0.2, -0.15) is 0 Å². The minimum atomic E-state index is -3.25. The minimum absolute atomic E-state index is 0.586. The van der Waals surface area contributed by atoms with Crippen molar-refractivity contribution in [1.82, 2.24) is 9.59 Å². The molecule has 2 aromatic rings. The molecule has 0 saturated carbocycles. The highest BCUT2D eigenvalue weighted by molar-refractivity contribution is 7.92. The minimum Gasteiger partial charge on any atom is -0.379 e. The Bertz CT molecular complexity index is 653. The van der Waals surface area contributed by atoms with Crippen molar-refractivity contribution in [2.24, 2.45) is 0 Å². The summed E-state index contributed by atoms with van der Waals surface area (Å²) in [5.41, 5.74) is 3.22. The fourth-order valence-corrected chi connectivity index (χ4v) is 2.62. The first-order valence-electron chi connectivity index (χ1n) is 5.52. The molecule has 2 N–H and O–H groups in total. The molecule has 0 spiro atoms. The Labute approximate surface area is 116 Å². The summed E-state index contributed by atoms with van der Waals surface area (Å²) < 4.78 is 28.6. The van der Waals surface area contributed by atoms with Crippen molar-refractivity contribution >= 4 is 32.9 Å². The third-order valence-corrected chi connectivity index (χ3v) is 3.54. The number of hydrogen-bond acceptors (Lipinski definition) is 6. The van der Waals surface area contributed by atoms with Gasteiger partial charge in [-0.25, -0.2) is 8.42 Å². The second kappa shape index (κ2) is 5.54. The van der Waals surface area contributed by atoms with E-state index in [1.807, 2.05) is 24.4 Å². The molecule has 8 heteroatoms. The average molecular weight is 298 g/mol. The van der Waals surface area contributed by atoms with Gasteiger partial charge in [-0.05, 0) is 42.2 Å². The number of benzene rings is 1. The Kier molecular flexibility index (Phi) is 4.01. The zero-order valence-corrected chi connectivity index (χ0v) is 12.2. The van der Waals surface area contributed by atoms with E-state index < -0.39 is 10.0 Å². The van der Waals surface area contributed by atoms with Crippen LogP contribution in [-0.2, 0) is 16.6 Å². The van der Waals surface area contributed by atoms with E-state index in [0.717, 1.165) is 23.2 Å². The van der Waals surface area contributed by atoms with Gasteiger partial charge in [0.1, 0.15) is 0 Å².